The molecule has 0 unspecified atom stereocenters. The van der Waals surface area contributed by atoms with Gasteiger partial charge in [-0.05, 0) is 26.0 Å². The van der Waals surface area contributed by atoms with Crippen molar-refractivity contribution in [2.24, 2.45) is 0 Å². The first kappa shape index (κ1) is 15.5. The van der Waals surface area contributed by atoms with Crippen molar-refractivity contribution in [3.63, 3.8) is 0 Å². The Morgan fingerprint density at radius 3 is 2.90 bits per heavy atom. The molecule has 0 radical (unpaired) electrons. The van der Waals surface area contributed by atoms with Crippen molar-refractivity contribution in [1.82, 2.24) is 0 Å². The van der Waals surface area contributed by atoms with Gasteiger partial charge >= 0.3 is 5.97 Å². The predicted octanol–water partition coefficient (Wildman–Crippen LogP) is 2.36. The van der Waals surface area contributed by atoms with Crippen molar-refractivity contribution in [3.05, 3.63) is 33.3 Å². The maximum Gasteiger partial charge on any atom is 0.337 e. The van der Waals surface area contributed by atoms with Gasteiger partial charge in [-0.25, -0.2) is 4.79 Å². The van der Waals surface area contributed by atoms with Gasteiger partial charge in [-0.3, -0.25) is 10.1 Å². The van der Waals surface area contributed by atoms with Gasteiger partial charge in [-0.1, -0.05) is 11.6 Å². The third-order valence-electron chi connectivity index (χ3n) is 3.17. The maximum absolute atomic E-state index is 11.7. The lowest BCUT2D eigenvalue weighted by molar-refractivity contribution is -0.384. The summed E-state index contributed by atoms with van der Waals surface area (Å²) in [7, 11) is 0. The molecule has 0 N–H and O–H groups in total. The number of nitro groups is 1. The number of hydrogen-bond acceptors (Lipinski definition) is 6. The van der Waals surface area contributed by atoms with Gasteiger partial charge in [0.1, 0.15) is 11.3 Å². The Balaban J connectivity index is 2.17. The Bertz CT molecular complexity index is 565. The summed E-state index contributed by atoms with van der Waals surface area (Å²) < 4.78 is 10.5. The van der Waals surface area contributed by atoms with Crippen LogP contribution in [0.15, 0.2) is 18.2 Å². The molecule has 1 aliphatic rings. The van der Waals surface area contributed by atoms with Gasteiger partial charge in [0.25, 0.3) is 5.69 Å². The average Bonchev–Trinajstić information content (AvgIpc) is 2.80. The molecule has 0 aromatic heterocycles. The van der Waals surface area contributed by atoms with Crippen molar-refractivity contribution >= 4 is 28.9 Å². The van der Waals surface area contributed by atoms with Gasteiger partial charge in [0, 0.05) is 11.8 Å². The standard InChI is InChI=1S/C13H15ClN2O5/c1-3-20-13(17)12-7-15(8(2)21-12)9-4-5-11(16(18)19)10(14)6-9/h4-6,8,12H,3,7H2,1-2H3/t8-,12+/m1/s1. The van der Waals surface area contributed by atoms with E-state index in [0.717, 1.165) is 0 Å². The molecule has 7 nitrogen and oxygen atoms in total. The Morgan fingerprint density at radius 1 is 1.62 bits per heavy atom. The Morgan fingerprint density at radius 2 is 2.33 bits per heavy atom. The molecule has 1 aliphatic heterocycles. The molecule has 0 saturated carbocycles. The summed E-state index contributed by atoms with van der Waals surface area (Å²) in [5.74, 6) is -0.417. The summed E-state index contributed by atoms with van der Waals surface area (Å²) in [6.45, 7) is 4.11. The largest absolute Gasteiger partial charge is 0.464 e. The molecule has 0 aliphatic carbocycles. The summed E-state index contributed by atoms with van der Waals surface area (Å²) in [4.78, 5) is 23.7. The van der Waals surface area contributed by atoms with Crippen LogP contribution in [0.3, 0.4) is 0 Å². The molecule has 21 heavy (non-hydrogen) atoms. The summed E-state index contributed by atoms with van der Waals surface area (Å²) in [6, 6.07) is 4.41. The van der Waals surface area contributed by atoms with E-state index in [9.17, 15) is 14.9 Å². The number of anilines is 1. The lowest BCUT2D eigenvalue weighted by atomic mass is 10.2. The number of halogens is 1. The second-order valence-electron chi connectivity index (χ2n) is 4.52. The summed E-state index contributed by atoms with van der Waals surface area (Å²) in [5.41, 5.74) is 0.500. The highest BCUT2D eigenvalue weighted by atomic mass is 35.5. The molecule has 2 atom stereocenters. The van der Waals surface area contributed by atoms with E-state index in [1.165, 1.54) is 12.1 Å². The van der Waals surface area contributed by atoms with Crippen LogP contribution in [0.4, 0.5) is 11.4 Å². The Hall–Kier alpha value is -1.86. The average molecular weight is 315 g/mol. The number of hydrogen-bond donors (Lipinski definition) is 0. The smallest absolute Gasteiger partial charge is 0.337 e. The van der Waals surface area contributed by atoms with Crippen LogP contribution in [0.1, 0.15) is 13.8 Å². The Kier molecular flexibility index (Phi) is 4.64. The summed E-state index contributed by atoms with van der Waals surface area (Å²) in [5, 5.41) is 10.8. The van der Waals surface area contributed by atoms with Gasteiger partial charge < -0.3 is 14.4 Å². The van der Waals surface area contributed by atoms with Gasteiger partial charge in [0.2, 0.25) is 0 Å². The normalized spacial score (nSPS) is 21.4. The van der Waals surface area contributed by atoms with E-state index >= 15 is 0 Å². The zero-order valence-electron chi connectivity index (χ0n) is 11.6. The molecule has 0 spiro atoms. The zero-order valence-corrected chi connectivity index (χ0v) is 12.4. The number of ether oxygens (including phenoxy) is 2. The number of nitro benzene ring substituents is 1. The lowest BCUT2D eigenvalue weighted by Crippen LogP contribution is -2.30. The lowest BCUT2D eigenvalue weighted by Gasteiger charge is -2.21. The molecule has 1 saturated heterocycles. The van der Waals surface area contributed by atoms with Gasteiger partial charge in [-0.15, -0.1) is 0 Å². The maximum atomic E-state index is 11.7. The fraction of sp³-hybridized carbons (Fsp3) is 0.462. The van der Waals surface area contributed by atoms with Crippen molar-refractivity contribution < 1.29 is 19.2 Å². The van der Waals surface area contributed by atoms with E-state index in [-0.39, 0.29) is 23.5 Å². The predicted molar refractivity (Wildman–Crippen MR) is 76.4 cm³/mol. The van der Waals surface area contributed by atoms with E-state index in [1.54, 1.807) is 24.8 Å². The second kappa shape index (κ2) is 6.28. The van der Waals surface area contributed by atoms with Crippen LogP contribution in [-0.2, 0) is 14.3 Å². The first-order valence-electron chi connectivity index (χ1n) is 6.46. The van der Waals surface area contributed by atoms with Crippen LogP contribution < -0.4 is 4.90 Å². The molecule has 0 amide bonds. The van der Waals surface area contributed by atoms with E-state index in [0.29, 0.717) is 12.2 Å². The molecule has 1 aromatic rings. The molecule has 8 heteroatoms. The van der Waals surface area contributed by atoms with E-state index in [4.69, 9.17) is 21.1 Å². The second-order valence-corrected chi connectivity index (χ2v) is 4.93. The molecule has 1 heterocycles. The third kappa shape index (κ3) is 3.25. The monoisotopic (exact) mass is 314 g/mol. The van der Waals surface area contributed by atoms with E-state index in [1.807, 2.05) is 0 Å². The SMILES string of the molecule is CCOC(=O)[C@@H]1CN(c2ccc([N+](=O)[O-])c(Cl)c2)[C@@H](C)O1. The van der Waals surface area contributed by atoms with E-state index < -0.39 is 17.0 Å². The highest BCUT2D eigenvalue weighted by molar-refractivity contribution is 6.32. The minimum atomic E-state index is -0.672. The van der Waals surface area contributed by atoms with E-state index in [2.05, 4.69) is 0 Å². The first-order chi connectivity index (χ1) is 9.93. The van der Waals surface area contributed by atoms with Crippen LogP contribution in [0.2, 0.25) is 5.02 Å². The van der Waals surface area contributed by atoms with Crippen molar-refractivity contribution in [3.8, 4) is 0 Å². The topological polar surface area (TPSA) is 81.9 Å². The molecule has 2 rings (SSSR count). The van der Waals surface area contributed by atoms with Gasteiger partial charge in [0.05, 0.1) is 18.1 Å². The summed E-state index contributed by atoms with van der Waals surface area (Å²) in [6.07, 6.45) is -1.02. The van der Waals surface area contributed by atoms with Crippen molar-refractivity contribution in [2.45, 2.75) is 26.2 Å². The van der Waals surface area contributed by atoms with Crippen LogP contribution in [0, 0.1) is 10.1 Å². The molecular weight excluding hydrogens is 300 g/mol. The number of benzene rings is 1. The quantitative estimate of drug-likeness (QED) is 0.482. The minimum Gasteiger partial charge on any atom is -0.464 e. The number of carbonyl (C=O) groups is 1. The third-order valence-corrected chi connectivity index (χ3v) is 3.47. The zero-order chi connectivity index (χ0) is 15.6. The van der Waals surface area contributed by atoms with Crippen molar-refractivity contribution in [1.29, 1.82) is 0 Å². The summed E-state index contributed by atoms with van der Waals surface area (Å²) >= 11 is 5.90. The number of rotatable bonds is 4. The molecule has 114 valence electrons. The molecule has 0 bridgehead atoms. The van der Waals surface area contributed by atoms with Crippen molar-refractivity contribution in [2.75, 3.05) is 18.1 Å². The van der Waals surface area contributed by atoms with Gasteiger partial charge in [0.15, 0.2) is 6.10 Å². The van der Waals surface area contributed by atoms with Crippen LogP contribution in [-0.4, -0.2) is 36.4 Å². The highest BCUT2D eigenvalue weighted by Crippen LogP contribution is 2.32. The number of nitrogens with zero attached hydrogens (tertiary/aromatic N) is 2. The highest BCUT2D eigenvalue weighted by Gasteiger charge is 2.36. The fourth-order valence-electron chi connectivity index (χ4n) is 2.18. The van der Waals surface area contributed by atoms with Gasteiger partial charge in [-0.2, -0.15) is 0 Å². The Labute approximate surface area is 126 Å². The number of carbonyl (C=O) groups excluding carboxylic acids is 1. The molecule has 1 fully saturated rings. The first-order valence-corrected chi connectivity index (χ1v) is 6.84. The molecular formula is C13H15ClN2O5. The minimum absolute atomic E-state index is 0.0456. The number of esters is 1. The van der Waals surface area contributed by atoms with Crippen LogP contribution >= 0.6 is 11.6 Å². The van der Waals surface area contributed by atoms with Crippen LogP contribution in [0.5, 0.6) is 0 Å². The van der Waals surface area contributed by atoms with Crippen LogP contribution in [0.25, 0.3) is 0 Å². The fourth-order valence-corrected chi connectivity index (χ4v) is 2.43. The molecule has 1 aromatic carbocycles.